The highest BCUT2D eigenvalue weighted by molar-refractivity contribution is 5.88. The molecule has 0 bridgehead atoms. The fourth-order valence-corrected chi connectivity index (χ4v) is 1.52. The van der Waals surface area contributed by atoms with Crippen molar-refractivity contribution in [2.24, 2.45) is 0 Å². The molecule has 0 spiro atoms. The quantitative estimate of drug-likeness (QED) is 0.857. The van der Waals surface area contributed by atoms with Crippen LogP contribution in [0.1, 0.15) is 10.4 Å². The van der Waals surface area contributed by atoms with Crippen LogP contribution in [0.5, 0.6) is 0 Å². The third-order valence-corrected chi connectivity index (χ3v) is 2.39. The number of aromatic carboxylic acids is 1. The van der Waals surface area contributed by atoms with Crippen molar-refractivity contribution in [3.05, 3.63) is 58.0 Å². The molecule has 0 atom stereocenters. The van der Waals surface area contributed by atoms with Gasteiger partial charge in [-0.2, -0.15) is 0 Å². The summed E-state index contributed by atoms with van der Waals surface area (Å²) in [7, 11) is 0. The number of carboxylic acids is 1. The molecule has 0 radical (unpaired) electrons. The third kappa shape index (κ3) is 2.00. The first-order valence-electron chi connectivity index (χ1n) is 4.91. The van der Waals surface area contributed by atoms with E-state index >= 15 is 0 Å². The molecule has 0 saturated carbocycles. The van der Waals surface area contributed by atoms with Crippen LogP contribution >= 0.6 is 0 Å². The van der Waals surface area contributed by atoms with Crippen molar-refractivity contribution in [3.8, 4) is 11.1 Å². The van der Waals surface area contributed by atoms with Crippen molar-refractivity contribution < 1.29 is 18.7 Å². The van der Waals surface area contributed by atoms with Gasteiger partial charge in [0.15, 0.2) is 11.6 Å². The molecule has 1 aromatic heterocycles. The van der Waals surface area contributed by atoms with E-state index in [1.807, 2.05) is 0 Å². The number of carbonyl (C=O) groups is 1. The molecule has 1 heterocycles. The van der Waals surface area contributed by atoms with Gasteiger partial charge in [-0.25, -0.2) is 13.6 Å². The molecule has 2 aromatic rings. The van der Waals surface area contributed by atoms with Crippen molar-refractivity contribution in [3.63, 3.8) is 0 Å². The lowest BCUT2D eigenvalue weighted by Gasteiger charge is -2.04. The highest BCUT2D eigenvalue weighted by Crippen LogP contribution is 2.21. The second-order valence-electron chi connectivity index (χ2n) is 3.54. The number of halogens is 2. The molecule has 0 aliphatic rings. The molecule has 0 aliphatic carbocycles. The van der Waals surface area contributed by atoms with Crippen molar-refractivity contribution in [2.75, 3.05) is 0 Å². The molecule has 18 heavy (non-hydrogen) atoms. The SMILES string of the molecule is O=C(O)c1c[nH]c(=O)c(-c2cccc(F)c2F)c1. The maximum atomic E-state index is 13.5. The van der Waals surface area contributed by atoms with E-state index < -0.39 is 23.2 Å². The molecule has 0 saturated heterocycles. The summed E-state index contributed by atoms with van der Waals surface area (Å²) in [5.41, 5.74) is -1.41. The van der Waals surface area contributed by atoms with Crippen LogP contribution in [0.3, 0.4) is 0 Å². The smallest absolute Gasteiger partial charge is 0.337 e. The van der Waals surface area contributed by atoms with Crippen LogP contribution in [0.2, 0.25) is 0 Å². The number of hydrogen-bond donors (Lipinski definition) is 2. The standard InChI is InChI=1S/C12H7F2NO3/c13-9-3-1-2-7(10(9)14)8-4-6(12(17)18)5-15-11(8)16/h1-5H,(H,15,16)(H,17,18). The van der Waals surface area contributed by atoms with E-state index in [0.717, 1.165) is 18.3 Å². The molecule has 6 heteroatoms. The van der Waals surface area contributed by atoms with Crippen molar-refractivity contribution in [1.82, 2.24) is 4.98 Å². The zero-order valence-corrected chi connectivity index (χ0v) is 8.91. The third-order valence-electron chi connectivity index (χ3n) is 2.39. The minimum atomic E-state index is -1.27. The Morgan fingerprint density at radius 1 is 1.22 bits per heavy atom. The average molecular weight is 251 g/mol. The maximum absolute atomic E-state index is 13.5. The fraction of sp³-hybridized carbons (Fsp3) is 0. The number of carboxylic acid groups (broad SMARTS) is 1. The molecule has 0 unspecified atom stereocenters. The van der Waals surface area contributed by atoms with Crippen LogP contribution in [0.25, 0.3) is 11.1 Å². The average Bonchev–Trinajstić information content (AvgIpc) is 2.33. The van der Waals surface area contributed by atoms with E-state index in [4.69, 9.17) is 5.11 Å². The van der Waals surface area contributed by atoms with E-state index in [2.05, 4.69) is 4.98 Å². The van der Waals surface area contributed by atoms with Crippen LogP contribution < -0.4 is 5.56 Å². The topological polar surface area (TPSA) is 70.2 Å². The molecule has 92 valence electrons. The Bertz CT molecular complexity index is 679. The lowest BCUT2D eigenvalue weighted by molar-refractivity contribution is 0.0696. The van der Waals surface area contributed by atoms with Crippen LogP contribution in [0.15, 0.2) is 35.3 Å². The number of pyridine rings is 1. The first-order valence-corrected chi connectivity index (χ1v) is 4.91. The molecule has 0 amide bonds. The maximum Gasteiger partial charge on any atom is 0.337 e. The Morgan fingerprint density at radius 2 is 1.94 bits per heavy atom. The number of H-pyrrole nitrogens is 1. The first kappa shape index (κ1) is 12.0. The van der Waals surface area contributed by atoms with Crippen LogP contribution in [0, 0.1) is 11.6 Å². The van der Waals surface area contributed by atoms with E-state index in [-0.39, 0.29) is 16.7 Å². The summed E-state index contributed by atoms with van der Waals surface area (Å²) in [5.74, 6) is -3.57. The highest BCUT2D eigenvalue weighted by atomic mass is 19.2. The Morgan fingerprint density at radius 3 is 2.61 bits per heavy atom. The Balaban J connectivity index is 2.70. The van der Waals surface area contributed by atoms with Crippen molar-refractivity contribution in [2.45, 2.75) is 0 Å². The minimum Gasteiger partial charge on any atom is -0.478 e. The summed E-state index contributed by atoms with van der Waals surface area (Å²) < 4.78 is 26.6. The summed E-state index contributed by atoms with van der Waals surface area (Å²) in [6, 6.07) is 4.35. The lowest BCUT2D eigenvalue weighted by Crippen LogP contribution is -2.12. The second-order valence-corrected chi connectivity index (χ2v) is 3.54. The second kappa shape index (κ2) is 4.40. The molecule has 4 nitrogen and oxygen atoms in total. The number of hydrogen-bond acceptors (Lipinski definition) is 2. The summed E-state index contributed by atoms with van der Waals surface area (Å²) in [5, 5.41) is 8.78. The highest BCUT2D eigenvalue weighted by Gasteiger charge is 2.14. The minimum absolute atomic E-state index is 0.215. The summed E-state index contributed by atoms with van der Waals surface area (Å²) in [6.45, 7) is 0. The first-order chi connectivity index (χ1) is 8.50. The van der Waals surface area contributed by atoms with E-state index in [1.165, 1.54) is 12.1 Å². The molecule has 0 fully saturated rings. The van der Waals surface area contributed by atoms with Gasteiger partial charge in [0.25, 0.3) is 5.56 Å². The van der Waals surface area contributed by atoms with Crippen LogP contribution in [-0.2, 0) is 0 Å². The number of nitrogens with one attached hydrogen (secondary N) is 1. The number of aromatic nitrogens is 1. The predicted molar refractivity (Wildman–Crippen MR) is 59.4 cm³/mol. The van der Waals surface area contributed by atoms with Gasteiger partial charge in [-0.3, -0.25) is 4.79 Å². The van der Waals surface area contributed by atoms with Crippen molar-refractivity contribution in [1.29, 1.82) is 0 Å². The molecule has 1 aromatic carbocycles. The fourth-order valence-electron chi connectivity index (χ4n) is 1.52. The summed E-state index contributed by atoms with van der Waals surface area (Å²) in [4.78, 5) is 24.4. The Labute approximate surface area is 99.5 Å². The van der Waals surface area contributed by atoms with Gasteiger partial charge in [0.2, 0.25) is 0 Å². The van der Waals surface area contributed by atoms with Crippen molar-refractivity contribution >= 4 is 5.97 Å². The summed E-state index contributed by atoms with van der Waals surface area (Å²) in [6.07, 6.45) is 0.991. The normalized spacial score (nSPS) is 10.3. The van der Waals surface area contributed by atoms with E-state index in [1.54, 1.807) is 0 Å². The van der Waals surface area contributed by atoms with Gasteiger partial charge in [-0.1, -0.05) is 12.1 Å². The number of rotatable bonds is 2. The van der Waals surface area contributed by atoms with Gasteiger partial charge >= 0.3 is 5.97 Å². The Hall–Kier alpha value is -2.50. The molecular formula is C12H7F2NO3. The van der Waals surface area contributed by atoms with Crippen LogP contribution in [-0.4, -0.2) is 16.1 Å². The molecule has 2 N–H and O–H groups in total. The predicted octanol–water partition coefficient (Wildman–Crippen LogP) is 2.02. The lowest BCUT2D eigenvalue weighted by atomic mass is 10.0. The zero-order chi connectivity index (χ0) is 13.3. The van der Waals surface area contributed by atoms with Gasteiger partial charge < -0.3 is 10.1 Å². The molecule has 0 aliphatic heterocycles. The largest absolute Gasteiger partial charge is 0.478 e. The monoisotopic (exact) mass is 251 g/mol. The molecule has 2 rings (SSSR count). The Kier molecular flexibility index (Phi) is 2.93. The summed E-state index contributed by atoms with van der Waals surface area (Å²) >= 11 is 0. The number of aromatic amines is 1. The van der Waals surface area contributed by atoms with Gasteiger partial charge in [0, 0.05) is 11.8 Å². The van der Waals surface area contributed by atoms with E-state index in [9.17, 15) is 18.4 Å². The zero-order valence-electron chi connectivity index (χ0n) is 8.91. The molecular weight excluding hydrogens is 244 g/mol. The van der Waals surface area contributed by atoms with Gasteiger partial charge in [0.05, 0.1) is 11.1 Å². The number of benzene rings is 1. The van der Waals surface area contributed by atoms with Gasteiger partial charge in [-0.05, 0) is 12.1 Å². The van der Waals surface area contributed by atoms with Gasteiger partial charge in [0.1, 0.15) is 0 Å². The van der Waals surface area contributed by atoms with Crippen LogP contribution in [0.4, 0.5) is 8.78 Å². The van der Waals surface area contributed by atoms with Gasteiger partial charge in [-0.15, -0.1) is 0 Å². The van der Waals surface area contributed by atoms with E-state index in [0.29, 0.717) is 0 Å².